The average Bonchev–Trinajstić information content (AvgIpc) is 2.20. The number of aromatic nitrogens is 1. The highest BCUT2D eigenvalue weighted by atomic mass is 79.9. The van der Waals surface area contributed by atoms with E-state index in [1.54, 1.807) is 6.07 Å². The fraction of sp³-hybridized carbons (Fsp3) is 0.308. The van der Waals surface area contributed by atoms with Crippen molar-refractivity contribution in [1.82, 2.24) is 4.98 Å². The average molecular weight is 280 g/mol. The maximum absolute atomic E-state index is 11.9. The maximum atomic E-state index is 11.9. The predicted octanol–water partition coefficient (Wildman–Crippen LogP) is 3.55. The van der Waals surface area contributed by atoms with Gasteiger partial charge in [0.2, 0.25) is 0 Å². The molecule has 0 amide bonds. The van der Waals surface area contributed by atoms with E-state index < -0.39 is 0 Å². The first-order chi connectivity index (χ1) is 7.61. The molecule has 3 heteroatoms. The number of nitrogens with one attached hydrogen (secondary N) is 1. The van der Waals surface area contributed by atoms with Gasteiger partial charge in [-0.3, -0.25) is 4.79 Å². The third kappa shape index (κ3) is 2.05. The highest BCUT2D eigenvalue weighted by Gasteiger charge is 2.05. The van der Waals surface area contributed by atoms with Gasteiger partial charge in [-0.1, -0.05) is 13.3 Å². The first-order valence-electron chi connectivity index (χ1n) is 5.44. The number of hydrogen-bond donors (Lipinski definition) is 1. The largest absolute Gasteiger partial charge is 0.357 e. The van der Waals surface area contributed by atoms with Crippen LogP contribution in [0.4, 0.5) is 0 Å². The third-order valence-electron chi connectivity index (χ3n) is 2.61. The number of aryl methyl sites for hydroxylation is 2. The summed E-state index contributed by atoms with van der Waals surface area (Å²) < 4.78 is 0.956. The van der Waals surface area contributed by atoms with Crippen LogP contribution in [0.15, 0.2) is 27.5 Å². The summed E-state index contributed by atoms with van der Waals surface area (Å²) in [6.45, 7) is 4.09. The van der Waals surface area contributed by atoms with Gasteiger partial charge in [-0.2, -0.15) is 0 Å². The van der Waals surface area contributed by atoms with Crippen LogP contribution in [0.3, 0.4) is 0 Å². The molecule has 2 aromatic rings. The lowest BCUT2D eigenvalue weighted by molar-refractivity contribution is 0.888. The Labute approximate surface area is 103 Å². The lowest BCUT2D eigenvalue weighted by atomic mass is 10.1. The molecule has 0 spiro atoms. The van der Waals surface area contributed by atoms with Crippen molar-refractivity contribution in [3.63, 3.8) is 0 Å². The van der Waals surface area contributed by atoms with Crippen LogP contribution in [0.5, 0.6) is 0 Å². The summed E-state index contributed by atoms with van der Waals surface area (Å²) in [6.07, 6.45) is 1.94. The molecule has 1 heterocycles. The molecule has 0 fully saturated rings. The second-order valence-corrected chi connectivity index (χ2v) is 4.93. The molecule has 0 radical (unpaired) electrons. The SMILES string of the molecule is CCCc1cc(=O)c2cc(C)cc(Br)c2[nH]1. The van der Waals surface area contributed by atoms with Crippen LogP contribution >= 0.6 is 15.9 Å². The summed E-state index contributed by atoms with van der Waals surface area (Å²) in [5.41, 5.74) is 3.10. The lowest BCUT2D eigenvalue weighted by Crippen LogP contribution is -2.05. The second-order valence-electron chi connectivity index (χ2n) is 4.08. The number of fused-ring (bicyclic) bond motifs is 1. The highest BCUT2D eigenvalue weighted by Crippen LogP contribution is 2.22. The molecule has 0 aliphatic rings. The first kappa shape index (κ1) is 11.4. The minimum Gasteiger partial charge on any atom is -0.357 e. The number of pyridine rings is 1. The Morgan fingerprint density at radius 2 is 2.06 bits per heavy atom. The third-order valence-corrected chi connectivity index (χ3v) is 3.24. The van der Waals surface area contributed by atoms with Gasteiger partial charge < -0.3 is 4.98 Å². The number of hydrogen-bond acceptors (Lipinski definition) is 1. The van der Waals surface area contributed by atoms with Crippen LogP contribution in [-0.4, -0.2) is 4.98 Å². The van der Waals surface area contributed by atoms with Crippen molar-refractivity contribution >= 4 is 26.8 Å². The molecule has 0 atom stereocenters. The normalized spacial score (nSPS) is 10.9. The van der Waals surface area contributed by atoms with Crippen LogP contribution in [0.25, 0.3) is 10.9 Å². The predicted molar refractivity (Wildman–Crippen MR) is 71.0 cm³/mol. The fourth-order valence-corrected chi connectivity index (χ4v) is 2.57. The number of H-pyrrole nitrogens is 1. The van der Waals surface area contributed by atoms with Crippen molar-refractivity contribution in [2.75, 3.05) is 0 Å². The van der Waals surface area contributed by atoms with Gasteiger partial charge in [0.25, 0.3) is 0 Å². The quantitative estimate of drug-likeness (QED) is 0.896. The Hall–Kier alpha value is -1.09. The monoisotopic (exact) mass is 279 g/mol. The van der Waals surface area contributed by atoms with Crippen LogP contribution in [0.1, 0.15) is 24.6 Å². The Morgan fingerprint density at radius 3 is 2.75 bits per heavy atom. The molecule has 0 aliphatic carbocycles. The van der Waals surface area contributed by atoms with Crippen molar-refractivity contribution in [2.24, 2.45) is 0 Å². The minimum atomic E-state index is 0.0987. The molecule has 1 aromatic heterocycles. The zero-order valence-corrected chi connectivity index (χ0v) is 11.0. The molecule has 1 aromatic carbocycles. The Kier molecular flexibility index (Phi) is 3.15. The van der Waals surface area contributed by atoms with Crippen molar-refractivity contribution in [2.45, 2.75) is 26.7 Å². The summed E-state index contributed by atoms with van der Waals surface area (Å²) in [5, 5.41) is 0.756. The Balaban J connectivity index is 2.77. The summed E-state index contributed by atoms with van der Waals surface area (Å²) in [6, 6.07) is 5.65. The molecule has 1 N–H and O–H groups in total. The molecule has 16 heavy (non-hydrogen) atoms. The molecule has 2 nitrogen and oxygen atoms in total. The van der Waals surface area contributed by atoms with E-state index in [0.29, 0.717) is 0 Å². The topological polar surface area (TPSA) is 32.9 Å². The number of aromatic amines is 1. The van der Waals surface area contributed by atoms with Gasteiger partial charge in [0.15, 0.2) is 5.43 Å². The lowest BCUT2D eigenvalue weighted by Gasteiger charge is -2.06. The van der Waals surface area contributed by atoms with Gasteiger partial charge >= 0.3 is 0 Å². The van der Waals surface area contributed by atoms with E-state index in [1.807, 2.05) is 19.1 Å². The van der Waals surface area contributed by atoms with E-state index in [4.69, 9.17) is 0 Å². The minimum absolute atomic E-state index is 0.0987. The molecule has 84 valence electrons. The van der Waals surface area contributed by atoms with Crippen LogP contribution in [-0.2, 0) is 6.42 Å². The maximum Gasteiger partial charge on any atom is 0.189 e. The van der Waals surface area contributed by atoms with Gasteiger partial charge in [0, 0.05) is 21.6 Å². The van der Waals surface area contributed by atoms with Crippen molar-refractivity contribution in [3.8, 4) is 0 Å². The molecule has 0 aliphatic heterocycles. The Morgan fingerprint density at radius 1 is 1.31 bits per heavy atom. The van der Waals surface area contributed by atoms with E-state index in [-0.39, 0.29) is 5.43 Å². The number of halogens is 1. The van der Waals surface area contributed by atoms with Gasteiger partial charge in [0.05, 0.1) is 5.52 Å². The zero-order valence-electron chi connectivity index (χ0n) is 9.43. The van der Waals surface area contributed by atoms with Crippen LogP contribution in [0, 0.1) is 6.92 Å². The van der Waals surface area contributed by atoms with E-state index in [1.165, 1.54) is 0 Å². The van der Waals surface area contributed by atoms with Crippen molar-refractivity contribution in [3.05, 3.63) is 44.2 Å². The Bertz CT molecular complexity index is 586. The fourth-order valence-electron chi connectivity index (χ4n) is 1.90. The summed E-state index contributed by atoms with van der Waals surface area (Å²) in [5.74, 6) is 0. The standard InChI is InChI=1S/C13H14BrNO/c1-3-4-9-7-12(16)10-5-8(2)6-11(14)13(10)15-9/h5-7H,3-4H2,1-2H3,(H,15,16). The molecule has 0 unspecified atom stereocenters. The molecule has 2 rings (SSSR count). The molecule has 0 saturated carbocycles. The molecular formula is C13H14BrNO. The van der Waals surface area contributed by atoms with Gasteiger partial charge in [-0.15, -0.1) is 0 Å². The van der Waals surface area contributed by atoms with Crippen molar-refractivity contribution in [1.29, 1.82) is 0 Å². The van der Waals surface area contributed by atoms with Gasteiger partial charge in [-0.25, -0.2) is 0 Å². The summed E-state index contributed by atoms with van der Waals surface area (Å²) in [7, 11) is 0. The van der Waals surface area contributed by atoms with E-state index in [0.717, 1.165) is 39.5 Å². The van der Waals surface area contributed by atoms with Crippen LogP contribution in [0.2, 0.25) is 0 Å². The molecule has 0 saturated heterocycles. The molecule has 0 bridgehead atoms. The van der Waals surface area contributed by atoms with Crippen LogP contribution < -0.4 is 5.43 Å². The number of rotatable bonds is 2. The zero-order chi connectivity index (χ0) is 11.7. The summed E-state index contributed by atoms with van der Waals surface area (Å²) >= 11 is 3.50. The second kappa shape index (κ2) is 4.42. The van der Waals surface area contributed by atoms with E-state index in [2.05, 4.69) is 27.8 Å². The number of benzene rings is 1. The van der Waals surface area contributed by atoms with E-state index in [9.17, 15) is 4.79 Å². The summed E-state index contributed by atoms with van der Waals surface area (Å²) in [4.78, 5) is 15.3. The van der Waals surface area contributed by atoms with Gasteiger partial charge in [0.1, 0.15) is 0 Å². The highest BCUT2D eigenvalue weighted by molar-refractivity contribution is 9.10. The van der Waals surface area contributed by atoms with E-state index >= 15 is 0 Å². The van der Waals surface area contributed by atoms with Gasteiger partial charge in [-0.05, 0) is 47.0 Å². The first-order valence-corrected chi connectivity index (χ1v) is 6.23. The van der Waals surface area contributed by atoms with Crippen molar-refractivity contribution < 1.29 is 0 Å². The molecular weight excluding hydrogens is 266 g/mol. The smallest absolute Gasteiger partial charge is 0.189 e.